The predicted octanol–water partition coefficient (Wildman–Crippen LogP) is 1.28. The minimum Gasteiger partial charge on any atom is -0.465 e. The monoisotopic (exact) mass is 347 g/mol. The van der Waals surface area contributed by atoms with Crippen LogP contribution in [-0.2, 0) is 9.53 Å². The number of nitrogens with zero attached hydrogens (tertiary/aromatic N) is 1. The fraction of sp³-hybridized carbons (Fsp3) is 0.231. The van der Waals surface area contributed by atoms with Gasteiger partial charge in [-0.25, -0.2) is 19.0 Å². The van der Waals surface area contributed by atoms with E-state index in [1.807, 2.05) is 0 Å². The number of halogens is 3. The molecule has 0 saturated carbocycles. The van der Waals surface area contributed by atoms with Crippen LogP contribution in [0.1, 0.15) is 15.9 Å². The van der Waals surface area contributed by atoms with Crippen molar-refractivity contribution in [2.24, 2.45) is 0 Å². The lowest BCUT2D eigenvalue weighted by Gasteiger charge is -2.10. The number of nitro benzene ring substituents is 1. The molecule has 0 amide bonds. The van der Waals surface area contributed by atoms with E-state index in [0.717, 1.165) is 20.2 Å². The first-order chi connectivity index (χ1) is 11.2. The van der Waals surface area contributed by atoms with Crippen molar-refractivity contribution in [2.45, 2.75) is 6.92 Å². The third kappa shape index (κ3) is 3.35. The van der Waals surface area contributed by atoms with Gasteiger partial charge in [0.15, 0.2) is 5.82 Å². The van der Waals surface area contributed by atoms with Gasteiger partial charge in [0.25, 0.3) is 0 Å². The fourth-order valence-electron chi connectivity index (χ4n) is 1.75. The molecule has 0 bridgehead atoms. The average molecular weight is 347 g/mol. The number of hydrogen-bond donors (Lipinski definition) is 2. The van der Waals surface area contributed by atoms with Gasteiger partial charge in [-0.1, -0.05) is 0 Å². The Morgan fingerprint density at radius 3 is 2.25 bits per heavy atom. The third-order valence-electron chi connectivity index (χ3n) is 2.94. The highest BCUT2D eigenvalue weighted by molar-refractivity contribution is 6.25. The molecule has 0 aromatic heterocycles. The lowest BCUT2D eigenvalue weighted by molar-refractivity contribution is -0.388. The Hall–Kier alpha value is -2.95. The number of ketones is 1. The van der Waals surface area contributed by atoms with Crippen molar-refractivity contribution < 1.29 is 32.4 Å². The van der Waals surface area contributed by atoms with E-state index in [-0.39, 0.29) is 0 Å². The molecule has 0 spiro atoms. The van der Waals surface area contributed by atoms with Gasteiger partial charge in [0.05, 0.1) is 12.0 Å². The Labute approximate surface area is 133 Å². The number of esters is 1. The molecule has 1 rings (SSSR count). The Balaban J connectivity index is 3.73. The molecule has 1 aromatic rings. The first-order valence-electron chi connectivity index (χ1n) is 6.25. The van der Waals surface area contributed by atoms with E-state index in [4.69, 9.17) is 0 Å². The van der Waals surface area contributed by atoms with Gasteiger partial charge in [0, 0.05) is 18.8 Å². The van der Waals surface area contributed by atoms with Crippen LogP contribution >= 0.6 is 0 Å². The lowest BCUT2D eigenvalue weighted by atomic mass is 9.98. The summed E-state index contributed by atoms with van der Waals surface area (Å²) in [5, 5.41) is 11.0. The number of benzene rings is 1. The Morgan fingerprint density at radius 1 is 1.21 bits per heavy atom. The van der Waals surface area contributed by atoms with Crippen molar-refractivity contribution in [3.8, 4) is 0 Å². The second kappa shape index (κ2) is 7.55. The van der Waals surface area contributed by atoms with E-state index in [1.54, 1.807) is 0 Å². The maximum Gasteiger partial charge on any atom is 0.343 e. The molecular weight excluding hydrogens is 335 g/mol. The average Bonchev–Trinajstić information content (AvgIpc) is 2.55. The van der Waals surface area contributed by atoms with E-state index in [1.165, 1.54) is 7.05 Å². The number of nitro groups is 1. The van der Waals surface area contributed by atoms with Crippen molar-refractivity contribution >= 4 is 17.4 Å². The summed E-state index contributed by atoms with van der Waals surface area (Å²) in [6.45, 7) is 0.793. The van der Waals surface area contributed by atoms with Gasteiger partial charge in [-0.05, 0) is 6.92 Å². The van der Waals surface area contributed by atoms with Crippen LogP contribution in [0.3, 0.4) is 0 Å². The molecule has 0 saturated heterocycles. The van der Waals surface area contributed by atoms with Crippen molar-refractivity contribution in [1.29, 1.82) is 0 Å². The Morgan fingerprint density at radius 2 is 1.79 bits per heavy atom. The van der Waals surface area contributed by atoms with Gasteiger partial charge in [0.2, 0.25) is 11.6 Å². The van der Waals surface area contributed by atoms with Crippen molar-refractivity contribution in [3.63, 3.8) is 0 Å². The van der Waals surface area contributed by atoms with Gasteiger partial charge in [-0.15, -0.1) is 0 Å². The van der Waals surface area contributed by atoms with Gasteiger partial charge in [-0.3, -0.25) is 14.9 Å². The summed E-state index contributed by atoms with van der Waals surface area (Å²) in [6, 6.07) is 0. The second-order valence-corrected chi connectivity index (χ2v) is 4.32. The number of nitrogens with one attached hydrogen (secondary N) is 2. The zero-order chi connectivity index (χ0) is 18.6. The summed E-state index contributed by atoms with van der Waals surface area (Å²) in [6.07, 6.45) is 0.744. The maximum atomic E-state index is 14.2. The van der Waals surface area contributed by atoms with Crippen LogP contribution in [0.4, 0.5) is 18.9 Å². The SMILES string of the molecule is CNN/C=C(/C(=O)OC)C(=O)c1c(F)c(C)c(F)c(F)c1[N+](=O)[O-]. The molecule has 0 radical (unpaired) electrons. The van der Waals surface area contributed by atoms with Crippen LogP contribution in [0.25, 0.3) is 0 Å². The number of carbonyl (C=O) groups excluding carboxylic acids is 2. The topological polar surface area (TPSA) is 111 Å². The quantitative estimate of drug-likeness (QED) is 0.117. The van der Waals surface area contributed by atoms with Crippen LogP contribution < -0.4 is 10.9 Å². The fourth-order valence-corrected chi connectivity index (χ4v) is 1.75. The van der Waals surface area contributed by atoms with Crippen LogP contribution in [0.15, 0.2) is 11.8 Å². The van der Waals surface area contributed by atoms with E-state index in [2.05, 4.69) is 15.6 Å². The highest BCUT2D eigenvalue weighted by Gasteiger charge is 2.37. The molecule has 11 heteroatoms. The van der Waals surface area contributed by atoms with E-state index in [0.29, 0.717) is 0 Å². The zero-order valence-corrected chi connectivity index (χ0v) is 12.7. The molecule has 2 N–H and O–H groups in total. The first-order valence-corrected chi connectivity index (χ1v) is 6.25. The number of carbonyl (C=O) groups is 2. The second-order valence-electron chi connectivity index (χ2n) is 4.32. The molecule has 0 fully saturated rings. The Bertz CT molecular complexity index is 749. The van der Waals surface area contributed by atoms with Gasteiger partial charge >= 0.3 is 11.7 Å². The third-order valence-corrected chi connectivity index (χ3v) is 2.94. The highest BCUT2D eigenvalue weighted by atomic mass is 19.2. The van der Waals surface area contributed by atoms with E-state index >= 15 is 0 Å². The van der Waals surface area contributed by atoms with Crippen LogP contribution in [0.5, 0.6) is 0 Å². The normalized spacial score (nSPS) is 11.2. The minimum atomic E-state index is -2.01. The molecule has 0 atom stereocenters. The zero-order valence-electron chi connectivity index (χ0n) is 12.7. The number of methoxy groups -OCH3 is 1. The summed E-state index contributed by atoms with van der Waals surface area (Å²) in [5.74, 6) is -8.26. The van der Waals surface area contributed by atoms with Crippen molar-refractivity contribution in [2.75, 3.05) is 14.2 Å². The summed E-state index contributed by atoms with van der Waals surface area (Å²) >= 11 is 0. The maximum absolute atomic E-state index is 14.2. The summed E-state index contributed by atoms with van der Waals surface area (Å²) in [7, 11) is 2.27. The largest absolute Gasteiger partial charge is 0.465 e. The highest BCUT2D eigenvalue weighted by Crippen LogP contribution is 2.32. The summed E-state index contributed by atoms with van der Waals surface area (Å²) < 4.78 is 45.9. The number of rotatable bonds is 6. The molecule has 0 heterocycles. The van der Waals surface area contributed by atoms with Gasteiger partial charge < -0.3 is 10.2 Å². The van der Waals surface area contributed by atoms with Gasteiger partial charge in [-0.2, -0.15) is 4.39 Å². The molecule has 0 aliphatic carbocycles. The smallest absolute Gasteiger partial charge is 0.343 e. The number of ether oxygens (including phenoxy) is 1. The minimum absolute atomic E-state index is 0.744. The van der Waals surface area contributed by atoms with Crippen LogP contribution in [-0.4, -0.2) is 30.8 Å². The lowest BCUT2D eigenvalue weighted by Crippen LogP contribution is -2.26. The molecule has 8 nitrogen and oxygen atoms in total. The summed E-state index contributed by atoms with van der Waals surface area (Å²) in [5.41, 5.74) is -0.343. The summed E-state index contributed by atoms with van der Waals surface area (Å²) in [4.78, 5) is 33.5. The molecule has 1 aromatic carbocycles. The molecule has 130 valence electrons. The van der Waals surface area contributed by atoms with Crippen molar-refractivity contribution in [1.82, 2.24) is 10.9 Å². The molecule has 0 aliphatic rings. The predicted molar refractivity (Wildman–Crippen MR) is 74.3 cm³/mol. The standard InChI is InChI=1S/C13H12F3N3O5/c1-5-8(14)7(11(19(22)23)10(16)9(5)15)12(20)6(4-18-17-2)13(21)24-3/h4,17-18H,1-3H3/b6-4+. The van der Waals surface area contributed by atoms with Crippen LogP contribution in [0.2, 0.25) is 0 Å². The number of Topliss-reactive ketones (excluding diaryl/α,β-unsaturated/α-hetero) is 1. The van der Waals surface area contributed by atoms with Crippen LogP contribution in [0, 0.1) is 34.5 Å². The molecule has 24 heavy (non-hydrogen) atoms. The number of hydrogen-bond acceptors (Lipinski definition) is 7. The number of hydrazine groups is 1. The van der Waals surface area contributed by atoms with Gasteiger partial charge in [0.1, 0.15) is 17.0 Å². The van der Waals surface area contributed by atoms with E-state index < -0.39 is 56.5 Å². The van der Waals surface area contributed by atoms with E-state index in [9.17, 15) is 32.9 Å². The first kappa shape index (κ1) is 19.1. The molecular formula is C13H12F3N3O5. The Kier molecular flexibility index (Phi) is 6.01. The molecule has 0 unspecified atom stereocenters. The molecule has 0 aliphatic heterocycles. The van der Waals surface area contributed by atoms with Crippen molar-refractivity contribution in [3.05, 3.63) is 50.5 Å².